The molecule has 4 heteroatoms. The second kappa shape index (κ2) is 10.3. The predicted molar refractivity (Wildman–Crippen MR) is 143 cm³/mol. The molecule has 3 nitrogen and oxygen atoms in total. The van der Waals surface area contributed by atoms with Crippen molar-refractivity contribution in [3.63, 3.8) is 0 Å². The zero-order chi connectivity index (χ0) is 22.4. The molecule has 0 aromatic heterocycles. The summed E-state index contributed by atoms with van der Waals surface area (Å²) in [6, 6.07) is 0. The SMILES string of the molecule is CC(CCC[C@@H](C)[C@H]1CC[C@H]2[C@@H]3CC=C4C[C@@H](O)CC[C@]4(C)[C@H]3CC[C@]12C)CC(N)=O.I. The normalized spacial score (nSPS) is 42.5. The molecule has 1 amide bonds. The van der Waals surface area contributed by atoms with E-state index in [1.165, 1.54) is 51.4 Å². The van der Waals surface area contributed by atoms with Gasteiger partial charge < -0.3 is 10.8 Å². The molecule has 0 radical (unpaired) electrons. The van der Waals surface area contributed by atoms with Crippen LogP contribution >= 0.6 is 24.0 Å². The average Bonchev–Trinajstić information content (AvgIpc) is 3.05. The van der Waals surface area contributed by atoms with Crippen LogP contribution in [-0.4, -0.2) is 17.1 Å². The molecule has 0 saturated heterocycles. The van der Waals surface area contributed by atoms with Gasteiger partial charge in [0.15, 0.2) is 0 Å². The van der Waals surface area contributed by atoms with Gasteiger partial charge in [-0.1, -0.05) is 58.6 Å². The number of hydrogen-bond donors (Lipinski definition) is 2. The lowest BCUT2D eigenvalue weighted by molar-refractivity contribution is -0.118. The van der Waals surface area contributed by atoms with Crippen LogP contribution in [0.4, 0.5) is 0 Å². The van der Waals surface area contributed by atoms with Gasteiger partial charge in [-0.3, -0.25) is 4.79 Å². The molecule has 3 saturated carbocycles. The summed E-state index contributed by atoms with van der Waals surface area (Å²) in [7, 11) is 0. The second-order valence-corrected chi connectivity index (χ2v) is 12.6. The fraction of sp³-hybridized carbons (Fsp3) is 0.893. The fourth-order valence-electron chi connectivity index (χ4n) is 9.05. The number of carbonyl (C=O) groups excluding carboxylic acids is 1. The smallest absolute Gasteiger partial charge is 0.217 e. The van der Waals surface area contributed by atoms with Gasteiger partial charge in [0.25, 0.3) is 0 Å². The summed E-state index contributed by atoms with van der Waals surface area (Å²) in [6.45, 7) is 9.85. The van der Waals surface area contributed by atoms with Crippen LogP contribution < -0.4 is 5.73 Å². The maximum Gasteiger partial charge on any atom is 0.217 e. The van der Waals surface area contributed by atoms with Crippen molar-refractivity contribution in [3.05, 3.63) is 11.6 Å². The van der Waals surface area contributed by atoms with Gasteiger partial charge in [-0.15, -0.1) is 24.0 Å². The molecule has 0 bridgehead atoms. The summed E-state index contributed by atoms with van der Waals surface area (Å²) in [5, 5.41) is 10.2. The second-order valence-electron chi connectivity index (χ2n) is 12.6. The molecule has 3 N–H and O–H groups in total. The number of fused-ring (bicyclic) bond motifs is 5. The minimum atomic E-state index is -0.158. The number of allylic oxidation sites excluding steroid dienone is 1. The highest BCUT2D eigenvalue weighted by Crippen LogP contribution is 2.67. The number of amides is 1. The van der Waals surface area contributed by atoms with E-state index in [9.17, 15) is 9.90 Å². The molecule has 9 atom stereocenters. The maximum absolute atomic E-state index is 11.2. The molecule has 0 aromatic carbocycles. The number of aliphatic hydroxyl groups is 1. The zero-order valence-corrected chi connectivity index (χ0v) is 23.3. The van der Waals surface area contributed by atoms with Gasteiger partial charge in [0, 0.05) is 6.42 Å². The lowest BCUT2D eigenvalue weighted by Gasteiger charge is -2.58. The monoisotopic (exact) mass is 557 g/mol. The van der Waals surface area contributed by atoms with Crippen LogP contribution in [0.2, 0.25) is 0 Å². The molecule has 4 aliphatic carbocycles. The molecule has 32 heavy (non-hydrogen) atoms. The Morgan fingerprint density at radius 1 is 1.12 bits per heavy atom. The molecule has 3 fully saturated rings. The van der Waals surface area contributed by atoms with Crippen molar-refractivity contribution in [2.45, 2.75) is 111 Å². The first-order chi connectivity index (χ1) is 14.6. The molecular weight excluding hydrogens is 509 g/mol. The highest BCUT2D eigenvalue weighted by atomic mass is 127. The molecule has 1 unspecified atom stereocenters. The Hall–Kier alpha value is -0.100. The molecule has 0 aliphatic heterocycles. The first-order valence-electron chi connectivity index (χ1n) is 13.3. The molecule has 0 heterocycles. The number of carbonyl (C=O) groups is 1. The number of nitrogens with two attached hydrogens (primary N) is 1. The summed E-state index contributed by atoms with van der Waals surface area (Å²) < 4.78 is 0. The van der Waals surface area contributed by atoms with E-state index >= 15 is 0 Å². The lowest BCUT2D eigenvalue weighted by Crippen LogP contribution is -2.50. The molecule has 4 rings (SSSR count). The Kier molecular flexibility index (Phi) is 8.49. The average molecular weight is 558 g/mol. The molecule has 0 spiro atoms. The van der Waals surface area contributed by atoms with Gasteiger partial charge in [-0.05, 0) is 97.7 Å². The zero-order valence-electron chi connectivity index (χ0n) is 20.9. The summed E-state index contributed by atoms with van der Waals surface area (Å²) in [5.41, 5.74) is 7.82. The van der Waals surface area contributed by atoms with E-state index in [0.717, 1.165) is 48.9 Å². The Bertz CT molecular complexity index is 708. The van der Waals surface area contributed by atoms with Crippen molar-refractivity contribution in [2.75, 3.05) is 0 Å². The van der Waals surface area contributed by atoms with E-state index in [0.29, 0.717) is 23.2 Å². The highest BCUT2D eigenvalue weighted by molar-refractivity contribution is 14.0. The quantitative estimate of drug-likeness (QED) is 0.265. The van der Waals surface area contributed by atoms with Gasteiger partial charge in [-0.25, -0.2) is 0 Å². The van der Waals surface area contributed by atoms with Crippen molar-refractivity contribution in [1.29, 1.82) is 0 Å². The number of primary amides is 1. The van der Waals surface area contributed by atoms with Gasteiger partial charge in [0.1, 0.15) is 0 Å². The summed E-state index contributed by atoms with van der Waals surface area (Å²) in [4.78, 5) is 11.2. The number of hydrogen-bond acceptors (Lipinski definition) is 2. The minimum absolute atomic E-state index is 0. The maximum atomic E-state index is 11.2. The first kappa shape index (κ1) is 26.5. The van der Waals surface area contributed by atoms with E-state index in [2.05, 4.69) is 33.8 Å². The minimum Gasteiger partial charge on any atom is -0.393 e. The Balaban J connectivity index is 0.00000289. The van der Waals surface area contributed by atoms with Gasteiger partial charge in [0.05, 0.1) is 6.10 Å². The van der Waals surface area contributed by atoms with Crippen molar-refractivity contribution >= 4 is 29.9 Å². The summed E-state index contributed by atoms with van der Waals surface area (Å²) in [6.07, 6.45) is 16.6. The Morgan fingerprint density at radius 3 is 2.59 bits per heavy atom. The highest BCUT2D eigenvalue weighted by Gasteiger charge is 2.59. The molecule has 184 valence electrons. The Labute approximate surface area is 213 Å². The summed E-state index contributed by atoms with van der Waals surface area (Å²) in [5.74, 6) is 4.48. The Morgan fingerprint density at radius 2 is 1.88 bits per heavy atom. The fourth-order valence-corrected chi connectivity index (χ4v) is 9.05. The number of aliphatic hydroxyl groups excluding tert-OH is 1. The summed E-state index contributed by atoms with van der Waals surface area (Å²) >= 11 is 0. The van der Waals surface area contributed by atoms with E-state index in [1.807, 2.05) is 0 Å². The van der Waals surface area contributed by atoms with Crippen molar-refractivity contribution in [1.82, 2.24) is 0 Å². The third kappa shape index (κ3) is 4.83. The van der Waals surface area contributed by atoms with Gasteiger partial charge in [0.2, 0.25) is 5.91 Å². The van der Waals surface area contributed by atoms with Gasteiger partial charge >= 0.3 is 0 Å². The van der Waals surface area contributed by atoms with Crippen LogP contribution in [0, 0.1) is 46.3 Å². The van der Waals surface area contributed by atoms with Gasteiger partial charge in [-0.2, -0.15) is 0 Å². The van der Waals surface area contributed by atoms with Crippen LogP contribution in [0.5, 0.6) is 0 Å². The van der Waals surface area contributed by atoms with Crippen LogP contribution in [0.1, 0.15) is 105 Å². The third-order valence-corrected chi connectivity index (χ3v) is 10.7. The topological polar surface area (TPSA) is 63.3 Å². The van der Waals surface area contributed by atoms with Crippen LogP contribution in [0.3, 0.4) is 0 Å². The predicted octanol–water partition coefficient (Wildman–Crippen LogP) is 6.86. The van der Waals surface area contributed by atoms with Crippen LogP contribution in [0.25, 0.3) is 0 Å². The standard InChI is InChI=1S/C28H47NO2.HI/c1-18(16-26(29)31)6-5-7-19(2)23-10-11-24-22-9-8-20-17-21(30)12-14-27(20,3)25(22)13-15-28(23,24)4;/h8,18-19,21-25,30H,5-7,9-17H2,1-4H3,(H2,29,31);1H/t18?,19-,21+,22+,23-,24+,25+,27+,28-;/m1./s1. The van der Waals surface area contributed by atoms with E-state index < -0.39 is 0 Å². The number of rotatable bonds is 7. The van der Waals surface area contributed by atoms with E-state index in [1.54, 1.807) is 5.57 Å². The van der Waals surface area contributed by atoms with E-state index in [4.69, 9.17) is 5.73 Å². The lowest BCUT2D eigenvalue weighted by atomic mass is 9.47. The molecular formula is C28H48INO2. The molecule has 0 aromatic rings. The largest absolute Gasteiger partial charge is 0.393 e. The van der Waals surface area contributed by atoms with Crippen molar-refractivity contribution < 1.29 is 9.90 Å². The van der Waals surface area contributed by atoms with Crippen LogP contribution in [0.15, 0.2) is 11.6 Å². The number of halogens is 1. The van der Waals surface area contributed by atoms with Crippen molar-refractivity contribution in [2.24, 2.45) is 52.1 Å². The van der Waals surface area contributed by atoms with E-state index in [-0.39, 0.29) is 36.0 Å². The van der Waals surface area contributed by atoms with Crippen molar-refractivity contribution in [3.8, 4) is 0 Å². The first-order valence-corrected chi connectivity index (χ1v) is 13.3. The van der Waals surface area contributed by atoms with Crippen LogP contribution in [-0.2, 0) is 4.79 Å². The molecule has 4 aliphatic rings. The third-order valence-electron chi connectivity index (χ3n) is 10.7.